The van der Waals surface area contributed by atoms with Gasteiger partial charge in [-0.05, 0) is 79.7 Å². The Kier molecular flexibility index (Phi) is 6.97. The molecule has 0 aromatic heterocycles. The summed E-state index contributed by atoms with van der Waals surface area (Å²) in [7, 11) is 0. The van der Waals surface area contributed by atoms with Crippen LogP contribution in [0.5, 0.6) is 0 Å². The highest BCUT2D eigenvalue weighted by molar-refractivity contribution is 6.05. The van der Waals surface area contributed by atoms with Crippen LogP contribution in [-0.2, 0) is 13.0 Å². The second-order valence-electron chi connectivity index (χ2n) is 8.51. The van der Waals surface area contributed by atoms with Crippen LogP contribution in [0.2, 0.25) is 0 Å². The van der Waals surface area contributed by atoms with Gasteiger partial charge in [-0.1, -0.05) is 48.5 Å². The van der Waals surface area contributed by atoms with E-state index in [1.165, 1.54) is 30.4 Å². The van der Waals surface area contributed by atoms with Gasteiger partial charge in [-0.15, -0.1) is 0 Å². The molecule has 5 nitrogen and oxygen atoms in total. The Morgan fingerprint density at radius 3 is 2.25 bits per heavy atom. The van der Waals surface area contributed by atoms with Crippen molar-refractivity contribution in [3.8, 4) is 0 Å². The SMILES string of the molecule is NC(=O)c1cccc(NC(=O)c2ccc(CN3CCC(Cc4ccccc4)CC3)cc2)c1. The third kappa shape index (κ3) is 5.83. The molecule has 0 radical (unpaired) electrons. The second-order valence-corrected chi connectivity index (χ2v) is 8.51. The number of hydrogen-bond donors (Lipinski definition) is 2. The molecule has 0 aliphatic carbocycles. The van der Waals surface area contributed by atoms with E-state index in [9.17, 15) is 9.59 Å². The number of nitrogens with two attached hydrogens (primary N) is 1. The van der Waals surface area contributed by atoms with Crippen molar-refractivity contribution in [2.75, 3.05) is 18.4 Å². The van der Waals surface area contributed by atoms with E-state index in [2.05, 4.69) is 40.5 Å². The third-order valence-corrected chi connectivity index (χ3v) is 6.10. The highest BCUT2D eigenvalue weighted by atomic mass is 16.2. The fourth-order valence-electron chi connectivity index (χ4n) is 4.27. The van der Waals surface area contributed by atoms with E-state index >= 15 is 0 Å². The summed E-state index contributed by atoms with van der Waals surface area (Å²) in [5.41, 5.74) is 9.44. The normalized spacial score (nSPS) is 14.8. The maximum atomic E-state index is 12.5. The molecule has 0 spiro atoms. The van der Waals surface area contributed by atoms with Gasteiger partial charge in [0.25, 0.3) is 5.91 Å². The average molecular weight is 428 g/mol. The molecule has 0 unspecified atom stereocenters. The van der Waals surface area contributed by atoms with Crippen molar-refractivity contribution in [2.45, 2.75) is 25.8 Å². The van der Waals surface area contributed by atoms with Crippen LogP contribution in [0.1, 0.15) is 44.7 Å². The summed E-state index contributed by atoms with van der Waals surface area (Å²) in [5.74, 6) is 0.0298. The van der Waals surface area contributed by atoms with Crippen molar-refractivity contribution in [3.63, 3.8) is 0 Å². The number of anilines is 1. The first-order valence-corrected chi connectivity index (χ1v) is 11.1. The number of carbonyl (C=O) groups excluding carboxylic acids is 2. The fraction of sp³-hybridized carbons (Fsp3) is 0.259. The molecule has 1 heterocycles. The van der Waals surface area contributed by atoms with Gasteiger partial charge in [0.05, 0.1) is 0 Å². The molecule has 1 aliphatic rings. The Labute approximate surface area is 189 Å². The lowest BCUT2D eigenvalue weighted by molar-refractivity contribution is 0.0996. The summed E-state index contributed by atoms with van der Waals surface area (Å²) in [4.78, 5) is 26.4. The quantitative estimate of drug-likeness (QED) is 0.583. The lowest BCUT2D eigenvalue weighted by Gasteiger charge is -2.32. The van der Waals surface area contributed by atoms with E-state index in [4.69, 9.17) is 5.73 Å². The molecule has 3 aromatic rings. The number of rotatable bonds is 7. The van der Waals surface area contributed by atoms with Crippen LogP contribution in [0.15, 0.2) is 78.9 Å². The summed E-state index contributed by atoms with van der Waals surface area (Å²) in [6.07, 6.45) is 3.61. The number of carbonyl (C=O) groups is 2. The average Bonchev–Trinajstić information content (AvgIpc) is 2.82. The smallest absolute Gasteiger partial charge is 0.255 e. The minimum absolute atomic E-state index is 0.208. The van der Waals surface area contributed by atoms with Crippen LogP contribution in [0.4, 0.5) is 5.69 Å². The van der Waals surface area contributed by atoms with Gasteiger partial charge >= 0.3 is 0 Å². The molecular formula is C27H29N3O2. The van der Waals surface area contributed by atoms with Gasteiger partial charge in [0, 0.05) is 23.4 Å². The monoisotopic (exact) mass is 427 g/mol. The number of piperidine rings is 1. The van der Waals surface area contributed by atoms with Gasteiger partial charge in [-0.3, -0.25) is 14.5 Å². The van der Waals surface area contributed by atoms with Crippen molar-refractivity contribution < 1.29 is 9.59 Å². The Bertz CT molecular complexity index is 1060. The summed E-state index contributed by atoms with van der Waals surface area (Å²) < 4.78 is 0. The fourth-order valence-corrected chi connectivity index (χ4v) is 4.27. The maximum Gasteiger partial charge on any atom is 0.255 e. The van der Waals surface area contributed by atoms with E-state index in [1.54, 1.807) is 24.3 Å². The minimum atomic E-state index is -0.519. The van der Waals surface area contributed by atoms with Crippen LogP contribution in [0, 0.1) is 5.92 Å². The molecule has 0 atom stereocenters. The van der Waals surface area contributed by atoms with Gasteiger partial charge in [-0.2, -0.15) is 0 Å². The zero-order valence-electron chi connectivity index (χ0n) is 18.2. The topological polar surface area (TPSA) is 75.4 Å². The molecule has 3 N–H and O–H groups in total. The molecule has 32 heavy (non-hydrogen) atoms. The highest BCUT2D eigenvalue weighted by Gasteiger charge is 2.19. The maximum absolute atomic E-state index is 12.5. The zero-order chi connectivity index (χ0) is 22.3. The minimum Gasteiger partial charge on any atom is -0.366 e. The number of nitrogens with zero attached hydrogens (tertiary/aromatic N) is 1. The van der Waals surface area contributed by atoms with E-state index in [0.717, 1.165) is 25.6 Å². The number of amides is 2. The Balaban J connectivity index is 1.27. The van der Waals surface area contributed by atoms with Crippen molar-refractivity contribution in [3.05, 3.63) is 101 Å². The van der Waals surface area contributed by atoms with Crippen LogP contribution in [-0.4, -0.2) is 29.8 Å². The largest absolute Gasteiger partial charge is 0.366 e. The molecule has 1 saturated heterocycles. The molecule has 3 aromatic carbocycles. The summed E-state index contributed by atoms with van der Waals surface area (Å²) >= 11 is 0. The molecule has 2 amide bonds. The first-order chi connectivity index (χ1) is 15.6. The predicted molar refractivity (Wildman–Crippen MR) is 128 cm³/mol. The van der Waals surface area contributed by atoms with Crippen LogP contribution >= 0.6 is 0 Å². The first-order valence-electron chi connectivity index (χ1n) is 11.1. The first kappa shape index (κ1) is 21.8. The molecule has 5 heteroatoms. The highest BCUT2D eigenvalue weighted by Crippen LogP contribution is 2.23. The summed E-state index contributed by atoms with van der Waals surface area (Å²) in [6.45, 7) is 3.12. The number of primary amides is 1. The van der Waals surface area contributed by atoms with Crippen molar-refractivity contribution >= 4 is 17.5 Å². The number of benzene rings is 3. The molecule has 4 rings (SSSR count). The molecule has 1 aliphatic heterocycles. The lowest BCUT2D eigenvalue weighted by Crippen LogP contribution is -2.33. The Hall–Kier alpha value is -3.44. The Morgan fingerprint density at radius 2 is 1.56 bits per heavy atom. The van der Waals surface area contributed by atoms with Gasteiger partial charge in [0.1, 0.15) is 0 Å². The molecule has 1 fully saturated rings. The number of likely N-dealkylation sites (tertiary alicyclic amines) is 1. The van der Waals surface area contributed by atoms with Gasteiger partial charge < -0.3 is 11.1 Å². The van der Waals surface area contributed by atoms with Crippen molar-refractivity contribution in [1.82, 2.24) is 4.90 Å². The molecule has 0 saturated carbocycles. The molecule has 164 valence electrons. The second kappa shape index (κ2) is 10.2. The third-order valence-electron chi connectivity index (χ3n) is 6.10. The standard InChI is InChI=1S/C27H29N3O2/c28-26(31)24-7-4-8-25(18-24)29-27(32)23-11-9-22(10-12-23)19-30-15-13-21(14-16-30)17-20-5-2-1-3-6-20/h1-12,18,21H,13-17,19H2,(H2,28,31)(H,29,32). The van der Waals surface area contributed by atoms with Crippen molar-refractivity contribution in [2.24, 2.45) is 11.7 Å². The van der Waals surface area contributed by atoms with Crippen molar-refractivity contribution in [1.29, 1.82) is 0 Å². The molecular weight excluding hydrogens is 398 g/mol. The zero-order valence-corrected chi connectivity index (χ0v) is 18.2. The summed E-state index contributed by atoms with van der Waals surface area (Å²) in [5, 5.41) is 2.82. The predicted octanol–water partition coefficient (Wildman–Crippen LogP) is 4.49. The summed E-state index contributed by atoms with van der Waals surface area (Å²) in [6, 6.07) is 25.1. The van der Waals surface area contributed by atoms with Crippen LogP contribution in [0.3, 0.4) is 0 Å². The van der Waals surface area contributed by atoms with Crippen LogP contribution < -0.4 is 11.1 Å². The Morgan fingerprint density at radius 1 is 0.844 bits per heavy atom. The van der Waals surface area contributed by atoms with E-state index < -0.39 is 5.91 Å². The van der Waals surface area contributed by atoms with Gasteiger partial charge in [-0.25, -0.2) is 0 Å². The molecule has 0 bridgehead atoms. The van der Waals surface area contributed by atoms with E-state index in [1.807, 2.05) is 24.3 Å². The lowest BCUT2D eigenvalue weighted by atomic mass is 9.90. The number of hydrogen-bond acceptors (Lipinski definition) is 3. The van der Waals surface area contributed by atoms with E-state index in [0.29, 0.717) is 16.8 Å². The van der Waals surface area contributed by atoms with Gasteiger partial charge in [0.15, 0.2) is 0 Å². The van der Waals surface area contributed by atoms with E-state index in [-0.39, 0.29) is 5.91 Å². The number of nitrogens with one attached hydrogen (secondary N) is 1. The van der Waals surface area contributed by atoms with Crippen LogP contribution in [0.25, 0.3) is 0 Å². The van der Waals surface area contributed by atoms with Gasteiger partial charge in [0.2, 0.25) is 5.91 Å².